The maximum Gasteiger partial charge on any atom is 0.185 e. The number of aromatic nitrogens is 2. The summed E-state index contributed by atoms with van der Waals surface area (Å²) in [5.74, 6) is 1.40. The minimum atomic E-state index is -0.0738. The Labute approximate surface area is 175 Å². The molecule has 0 aliphatic carbocycles. The number of methoxy groups -OCH3 is 2. The van der Waals surface area contributed by atoms with Crippen molar-refractivity contribution in [2.24, 2.45) is 0 Å². The van der Waals surface area contributed by atoms with Gasteiger partial charge in [0.05, 0.1) is 37.2 Å². The van der Waals surface area contributed by atoms with Crippen LogP contribution in [0.5, 0.6) is 11.5 Å². The largest absolute Gasteiger partial charge is 0.497 e. The Morgan fingerprint density at radius 1 is 1.10 bits per heavy atom. The highest BCUT2D eigenvalue weighted by Gasteiger charge is 2.12. The standard InChI is InChI=1S/C23H23ClN2O3/c1-15-23(24)16(2)26(25-15)14-19-13-17(6-12-22(19)29-4)5-11-21(27)18-7-9-20(28-3)10-8-18/h5-13H,14H2,1-4H3/b11-5+. The molecule has 0 aliphatic heterocycles. The summed E-state index contributed by atoms with van der Waals surface area (Å²) in [5, 5.41) is 5.16. The van der Waals surface area contributed by atoms with Gasteiger partial charge in [-0.25, -0.2) is 0 Å². The predicted molar refractivity (Wildman–Crippen MR) is 115 cm³/mol. The second-order valence-corrected chi connectivity index (χ2v) is 7.02. The van der Waals surface area contributed by atoms with E-state index in [1.165, 1.54) is 0 Å². The number of halogens is 1. The Bertz CT molecular complexity index is 1050. The predicted octanol–water partition coefficient (Wildman–Crippen LogP) is 5.11. The van der Waals surface area contributed by atoms with Crippen LogP contribution in [0.3, 0.4) is 0 Å². The molecule has 0 amide bonds. The van der Waals surface area contributed by atoms with Crippen LogP contribution in [0, 0.1) is 13.8 Å². The molecule has 0 N–H and O–H groups in total. The van der Waals surface area contributed by atoms with E-state index < -0.39 is 0 Å². The molecule has 1 heterocycles. The smallest absolute Gasteiger partial charge is 0.185 e. The number of carbonyl (C=O) groups excluding carboxylic acids is 1. The molecule has 1 aromatic heterocycles. The van der Waals surface area contributed by atoms with Crippen molar-refractivity contribution >= 4 is 23.5 Å². The van der Waals surface area contributed by atoms with Crippen molar-refractivity contribution in [3.63, 3.8) is 0 Å². The van der Waals surface area contributed by atoms with E-state index in [-0.39, 0.29) is 5.78 Å². The van der Waals surface area contributed by atoms with Gasteiger partial charge in [0, 0.05) is 11.1 Å². The lowest BCUT2D eigenvalue weighted by molar-refractivity contribution is 0.104. The highest BCUT2D eigenvalue weighted by Crippen LogP contribution is 2.25. The van der Waals surface area contributed by atoms with Crippen LogP contribution in [-0.4, -0.2) is 29.8 Å². The SMILES string of the molecule is COc1ccc(C(=O)/C=C/c2ccc(OC)c(Cn3nc(C)c(Cl)c3C)c2)cc1. The van der Waals surface area contributed by atoms with Gasteiger partial charge >= 0.3 is 0 Å². The summed E-state index contributed by atoms with van der Waals surface area (Å²) in [7, 11) is 3.23. The third-order valence-electron chi connectivity index (χ3n) is 4.72. The van der Waals surface area contributed by atoms with Gasteiger partial charge in [-0.15, -0.1) is 0 Å². The molecule has 2 aromatic carbocycles. The molecule has 0 bridgehead atoms. The molecule has 0 aliphatic rings. The van der Waals surface area contributed by atoms with Crippen LogP contribution >= 0.6 is 11.6 Å². The van der Waals surface area contributed by atoms with Crippen molar-refractivity contribution in [3.05, 3.63) is 81.6 Å². The molecule has 0 spiro atoms. The van der Waals surface area contributed by atoms with Gasteiger partial charge in [0.25, 0.3) is 0 Å². The van der Waals surface area contributed by atoms with Gasteiger partial charge in [-0.3, -0.25) is 9.48 Å². The number of ketones is 1. The normalized spacial score (nSPS) is 11.1. The fourth-order valence-corrected chi connectivity index (χ4v) is 3.17. The Kier molecular flexibility index (Phi) is 6.39. The van der Waals surface area contributed by atoms with Crippen molar-refractivity contribution in [3.8, 4) is 11.5 Å². The summed E-state index contributed by atoms with van der Waals surface area (Å²) in [6, 6.07) is 12.8. The molecule has 29 heavy (non-hydrogen) atoms. The van der Waals surface area contributed by atoms with Gasteiger partial charge in [-0.05, 0) is 61.9 Å². The highest BCUT2D eigenvalue weighted by atomic mass is 35.5. The van der Waals surface area contributed by atoms with E-state index in [1.54, 1.807) is 50.6 Å². The topological polar surface area (TPSA) is 53.4 Å². The summed E-state index contributed by atoms with van der Waals surface area (Å²) in [6.07, 6.45) is 3.36. The number of carbonyl (C=O) groups is 1. The molecule has 0 radical (unpaired) electrons. The second-order valence-electron chi connectivity index (χ2n) is 6.64. The van der Waals surface area contributed by atoms with Crippen molar-refractivity contribution < 1.29 is 14.3 Å². The maximum atomic E-state index is 12.4. The quantitative estimate of drug-likeness (QED) is 0.401. The first-order valence-corrected chi connectivity index (χ1v) is 9.53. The molecule has 0 fully saturated rings. The number of aryl methyl sites for hydroxylation is 1. The molecule has 150 valence electrons. The lowest BCUT2D eigenvalue weighted by atomic mass is 10.1. The van der Waals surface area contributed by atoms with Crippen LogP contribution in [0.4, 0.5) is 0 Å². The fraction of sp³-hybridized carbons (Fsp3) is 0.217. The summed E-state index contributed by atoms with van der Waals surface area (Å²) < 4.78 is 12.5. The zero-order valence-electron chi connectivity index (χ0n) is 16.9. The van der Waals surface area contributed by atoms with Gasteiger partial charge < -0.3 is 9.47 Å². The summed E-state index contributed by atoms with van der Waals surface area (Å²) >= 11 is 6.26. The zero-order chi connectivity index (χ0) is 21.0. The van der Waals surface area contributed by atoms with Gasteiger partial charge in [0.15, 0.2) is 5.78 Å². The van der Waals surface area contributed by atoms with Crippen LogP contribution in [-0.2, 0) is 6.54 Å². The van der Waals surface area contributed by atoms with Crippen molar-refractivity contribution in [2.75, 3.05) is 14.2 Å². The Morgan fingerprint density at radius 2 is 1.83 bits per heavy atom. The number of hydrogen-bond donors (Lipinski definition) is 0. The number of hydrogen-bond acceptors (Lipinski definition) is 4. The minimum absolute atomic E-state index is 0.0738. The third-order valence-corrected chi connectivity index (χ3v) is 5.27. The number of ether oxygens (including phenoxy) is 2. The van der Waals surface area contributed by atoms with Crippen LogP contribution < -0.4 is 9.47 Å². The molecule has 0 atom stereocenters. The first-order valence-electron chi connectivity index (χ1n) is 9.15. The van der Waals surface area contributed by atoms with Crippen LogP contribution in [0.25, 0.3) is 6.08 Å². The lowest BCUT2D eigenvalue weighted by Gasteiger charge is -2.11. The molecule has 3 rings (SSSR count). The summed E-state index contributed by atoms with van der Waals surface area (Å²) in [4.78, 5) is 12.4. The third kappa shape index (κ3) is 4.69. The van der Waals surface area contributed by atoms with Gasteiger partial charge in [-0.2, -0.15) is 5.10 Å². The molecular formula is C23H23ClN2O3. The molecule has 6 heteroatoms. The molecule has 5 nitrogen and oxygen atoms in total. The van der Waals surface area contributed by atoms with Crippen molar-refractivity contribution in [1.29, 1.82) is 0 Å². The number of rotatable bonds is 7. The maximum absolute atomic E-state index is 12.4. The first kappa shape index (κ1) is 20.7. The van der Waals surface area contributed by atoms with Crippen molar-refractivity contribution in [2.45, 2.75) is 20.4 Å². The molecule has 0 saturated carbocycles. The van der Waals surface area contributed by atoms with Crippen molar-refractivity contribution in [1.82, 2.24) is 9.78 Å². The highest BCUT2D eigenvalue weighted by molar-refractivity contribution is 6.31. The van der Waals surface area contributed by atoms with E-state index in [0.717, 1.165) is 34.0 Å². The van der Waals surface area contributed by atoms with E-state index >= 15 is 0 Å². The molecule has 0 saturated heterocycles. The van der Waals surface area contributed by atoms with Crippen LogP contribution in [0.2, 0.25) is 5.02 Å². The van der Waals surface area contributed by atoms with E-state index in [4.69, 9.17) is 21.1 Å². The number of benzene rings is 2. The minimum Gasteiger partial charge on any atom is -0.497 e. The Hall–Kier alpha value is -3.05. The second kappa shape index (κ2) is 8.97. The molecular weight excluding hydrogens is 388 g/mol. The van der Waals surface area contributed by atoms with Gasteiger partial charge in [0.1, 0.15) is 11.5 Å². The van der Waals surface area contributed by atoms with Gasteiger partial charge in [-0.1, -0.05) is 23.7 Å². The summed E-state index contributed by atoms with van der Waals surface area (Å²) in [5.41, 5.74) is 4.16. The van der Waals surface area contributed by atoms with E-state index in [1.807, 2.05) is 36.7 Å². The van der Waals surface area contributed by atoms with Crippen LogP contribution in [0.15, 0.2) is 48.5 Å². The number of nitrogens with zero attached hydrogens (tertiary/aromatic N) is 2. The average molecular weight is 411 g/mol. The average Bonchev–Trinajstić information content (AvgIpc) is 2.98. The van der Waals surface area contributed by atoms with Crippen LogP contribution in [0.1, 0.15) is 32.9 Å². The first-order chi connectivity index (χ1) is 13.9. The van der Waals surface area contributed by atoms with E-state index in [0.29, 0.717) is 17.1 Å². The van der Waals surface area contributed by atoms with E-state index in [9.17, 15) is 4.79 Å². The summed E-state index contributed by atoms with van der Waals surface area (Å²) in [6.45, 7) is 4.34. The Balaban J connectivity index is 1.82. The number of allylic oxidation sites excluding steroid dienone is 1. The molecule has 0 unspecified atom stereocenters. The lowest BCUT2D eigenvalue weighted by Crippen LogP contribution is -2.06. The van der Waals surface area contributed by atoms with E-state index in [2.05, 4.69) is 5.10 Å². The monoisotopic (exact) mass is 410 g/mol. The van der Waals surface area contributed by atoms with Gasteiger partial charge in [0.2, 0.25) is 0 Å². The fourth-order valence-electron chi connectivity index (χ4n) is 3.04. The Morgan fingerprint density at radius 3 is 2.41 bits per heavy atom. The molecule has 3 aromatic rings. The zero-order valence-corrected chi connectivity index (χ0v) is 17.7.